The molecule has 0 saturated carbocycles. The van der Waals surface area contributed by atoms with Crippen LogP contribution in [0, 0.1) is 5.41 Å². The van der Waals surface area contributed by atoms with Gasteiger partial charge < -0.3 is 11.1 Å². The molecular formula is C10H14N4O2S. The Balaban J connectivity index is 2.65. The molecule has 1 rings (SSSR count). The van der Waals surface area contributed by atoms with Crippen LogP contribution in [0.1, 0.15) is 24.3 Å². The lowest BCUT2D eigenvalue weighted by atomic mass is 9.93. The van der Waals surface area contributed by atoms with Crippen LogP contribution in [0.2, 0.25) is 0 Å². The van der Waals surface area contributed by atoms with E-state index < -0.39 is 5.41 Å². The zero-order chi connectivity index (χ0) is 13.1. The molecule has 0 bridgehead atoms. The monoisotopic (exact) mass is 254 g/mol. The largest absolute Gasteiger partial charge is 0.393 e. The average Bonchev–Trinajstić information content (AvgIpc) is 2.27. The Labute approximate surface area is 104 Å². The second-order valence-corrected chi connectivity index (χ2v) is 4.68. The highest BCUT2D eigenvalue weighted by molar-refractivity contribution is 7.80. The summed E-state index contributed by atoms with van der Waals surface area (Å²) in [6, 6.07) is 2.59. The summed E-state index contributed by atoms with van der Waals surface area (Å²) in [5, 5.41) is 8.44. The zero-order valence-corrected chi connectivity index (χ0v) is 10.4. The van der Waals surface area contributed by atoms with E-state index in [0.29, 0.717) is 11.5 Å². The van der Waals surface area contributed by atoms with Crippen LogP contribution in [0.15, 0.2) is 16.9 Å². The number of amides is 1. The highest BCUT2D eigenvalue weighted by atomic mass is 32.1. The van der Waals surface area contributed by atoms with Crippen molar-refractivity contribution in [3.8, 4) is 0 Å². The van der Waals surface area contributed by atoms with Crippen LogP contribution in [0.5, 0.6) is 0 Å². The molecule has 0 aliphatic rings. The fourth-order valence-electron chi connectivity index (χ4n) is 0.950. The number of nitrogens with two attached hydrogens (primary N) is 1. The Morgan fingerprint density at radius 3 is 2.71 bits per heavy atom. The minimum absolute atomic E-state index is 0.142. The van der Waals surface area contributed by atoms with Crippen molar-refractivity contribution < 1.29 is 4.79 Å². The highest BCUT2D eigenvalue weighted by Gasteiger charge is 2.22. The third-order valence-corrected chi connectivity index (χ3v) is 2.82. The molecule has 0 aromatic carbocycles. The third-order valence-electron chi connectivity index (χ3n) is 2.27. The van der Waals surface area contributed by atoms with Crippen molar-refractivity contribution in [3.63, 3.8) is 0 Å². The molecule has 0 atom stereocenters. The number of rotatable bonds is 4. The summed E-state index contributed by atoms with van der Waals surface area (Å²) >= 11 is 4.88. The minimum atomic E-state index is -0.465. The first-order valence-electron chi connectivity index (χ1n) is 4.97. The standard InChI is InChI=1S/C10H14N4O2S/c1-10(2,9(11)17)5-12-8(16)6-3-4-7(15)14-13-6/h3-4H,5H2,1-2H3,(H2,11,17)(H,12,16)(H,14,15). The number of carbonyl (C=O) groups is 1. The number of hydrogen-bond donors (Lipinski definition) is 3. The lowest BCUT2D eigenvalue weighted by Crippen LogP contribution is -2.41. The fourth-order valence-corrected chi connectivity index (χ4v) is 1.02. The van der Waals surface area contributed by atoms with Gasteiger partial charge in [-0.15, -0.1) is 0 Å². The Morgan fingerprint density at radius 2 is 2.24 bits per heavy atom. The van der Waals surface area contributed by atoms with E-state index in [2.05, 4.69) is 15.5 Å². The van der Waals surface area contributed by atoms with Crippen LogP contribution in [0.4, 0.5) is 0 Å². The van der Waals surface area contributed by atoms with Crippen LogP contribution in [-0.2, 0) is 0 Å². The molecule has 0 radical (unpaired) electrons. The van der Waals surface area contributed by atoms with Crippen LogP contribution in [-0.4, -0.2) is 27.6 Å². The van der Waals surface area contributed by atoms with Gasteiger partial charge in [-0.3, -0.25) is 9.59 Å². The van der Waals surface area contributed by atoms with Gasteiger partial charge in [-0.25, -0.2) is 5.10 Å². The predicted molar refractivity (Wildman–Crippen MR) is 67.8 cm³/mol. The van der Waals surface area contributed by atoms with Gasteiger partial charge in [0.25, 0.3) is 11.5 Å². The summed E-state index contributed by atoms with van der Waals surface area (Å²) in [6.45, 7) is 3.97. The molecule has 1 heterocycles. The summed E-state index contributed by atoms with van der Waals surface area (Å²) in [5.41, 5.74) is 4.85. The second-order valence-electron chi connectivity index (χ2n) is 4.24. The molecule has 0 saturated heterocycles. The molecule has 17 heavy (non-hydrogen) atoms. The SMILES string of the molecule is CC(C)(CNC(=O)c1ccc(=O)[nH]n1)C(N)=S. The molecule has 1 aromatic heterocycles. The van der Waals surface area contributed by atoms with Crippen LogP contribution < -0.4 is 16.6 Å². The molecule has 92 valence electrons. The Bertz CT molecular complexity index is 475. The van der Waals surface area contributed by atoms with Gasteiger partial charge in [-0.1, -0.05) is 26.1 Å². The topological polar surface area (TPSA) is 101 Å². The number of hydrogen-bond acceptors (Lipinski definition) is 4. The molecule has 7 heteroatoms. The van der Waals surface area contributed by atoms with Crippen molar-refractivity contribution >= 4 is 23.1 Å². The van der Waals surface area contributed by atoms with Crippen molar-refractivity contribution in [2.24, 2.45) is 11.1 Å². The van der Waals surface area contributed by atoms with E-state index in [1.165, 1.54) is 12.1 Å². The maximum absolute atomic E-state index is 11.6. The second kappa shape index (κ2) is 5.05. The van der Waals surface area contributed by atoms with Gasteiger partial charge in [0.2, 0.25) is 0 Å². The van der Waals surface area contributed by atoms with Crippen molar-refractivity contribution in [2.75, 3.05) is 6.54 Å². The van der Waals surface area contributed by atoms with Gasteiger partial charge in [0.15, 0.2) is 0 Å². The van der Waals surface area contributed by atoms with Gasteiger partial charge in [0.05, 0.1) is 4.99 Å². The Kier molecular flexibility index (Phi) is 3.95. The average molecular weight is 254 g/mol. The smallest absolute Gasteiger partial charge is 0.271 e. The first kappa shape index (κ1) is 13.3. The molecule has 4 N–H and O–H groups in total. The predicted octanol–water partition coefficient (Wildman–Crippen LogP) is -0.188. The van der Waals surface area contributed by atoms with E-state index >= 15 is 0 Å². The molecular weight excluding hydrogens is 240 g/mol. The number of aromatic nitrogens is 2. The molecule has 0 spiro atoms. The summed E-state index contributed by atoms with van der Waals surface area (Å²) in [5.74, 6) is -0.384. The van der Waals surface area contributed by atoms with Crippen LogP contribution in [0.3, 0.4) is 0 Å². The van der Waals surface area contributed by atoms with Crippen molar-refractivity contribution in [1.29, 1.82) is 0 Å². The number of thiocarbonyl (C=S) groups is 1. The van der Waals surface area contributed by atoms with Gasteiger partial charge in [0.1, 0.15) is 5.69 Å². The maximum Gasteiger partial charge on any atom is 0.271 e. The van der Waals surface area contributed by atoms with Gasteiger partial charge >= 0.3 is 0 Å². The van der Waals surface area contributed by atoms with Crippen molar-refractivity contribution in [1.82, 2.24) is 15.5 Å². The van der Waals surface area contributed by atoms with E-state index in [0.717, 1.165) is 0 Å². The molecule has 1 amide bonds. The van der Waals surface area contributed by atoms with E-state index in [9.17, 15) is 9.59 Å². The quantitative estimate of drug-likeness (QED) is 0.647. The first-order valence-corrected chi connectivity index (χ1v) is 5.37. The van der Waals surface area contributed by atoms with Gasteiger partial charge in [-0.05, 0) is 6.07 Å². The highest BCUT2D eigenvalue weighted by Crippen LogP contribution is 2.13. The number of nitrogens with zero attached hydrogens (tertiary/aromatic N) is 1. The van der Waals surface area contributed by atoms with Crippen molar-refractivity contribution in [3.05, 3.63) is 28.2 Å². The lowest BCUT2D eigenvalue weighted by Gasteiger charge is -2.23. The molecule has 1 aromatic rings. The summed E-state index contributed by atoms with van der Waals surface area (Å²) < 4.78 is 0. The number of carbonyl (C=O) groups excluding carboxylic acids is 1. The molecule has 6 nitrogen and oxygen atoms in total. The van der Waals surface area contributed by atoms with Gasteiger partial charge in [-0.2, -0.15) is 5.10 Å². The van der Waals surface area contributed by atoms with Gasteiger partial charge in [0, 0.05) is 18.0 Å². The van der Waals surface area contributed by atoms with E-state index in [-0.39, 0.29) is 17.2 Å². The molecule has 0 fully saturated rings. The third kappa shape index (κ3) is 3.63. The molecule has 0 aliphatic heterocycles. The van der Waals surface area contributed by atoms with Crippen LogP contribution >= 0.6 is 12.2 Å². The van der Waals surface area contributed by atoms with Crippen LogP contribution in [0.25, 0.3) is 0 Å². The van der Waals surface area contributed by atoms with E-state index in [4.69, 9.17) is 18.0 Å². The zero-order valence-electron chi connectivity index (χ0n) is 9.61. The normalized spacial score (nSPS) is 10.9. The van der Waals surface area contributed by atoms with Crippen molar-refractivity contribution in [2.45, 2.75) is 13.8 Å². The molecule has 0 aliphatic carbocycles. The summed E-state index contributed by atoms with van der Waals surface area (Å²) in [6.07, 6.45) is 0. The Hall–Kier alpha value is -1.76. The Morgan fingerprint density at radius 1 is 1.59 bits per heavy atom. The minimum Gasteiger partial charge on any atom is -0.393 e. The number of nitrogens with one attached hydrogen (secondary N) is 2. The summed E-state index contributed by atoms with van der Waals surface area (Å²) in [4.78, 5) is 22.7. The first-order chi connectivity index (χ1) is 7.83. The lowest BCUT2D eigenvalue weighted by molar-refractivity contribution is 0.0939. The van der Waals surface area contributed by atoms with E-state index in [1.54, 1.807) is 0 Å². The van der Waals surface area contributed by atoms with E-state index in [1.807, 2.05) is 13.8 Å². The number of aromatic amines is 1. The molecule has 0 unspecified atom stereocenters. The summed E-state index contributed by atoms with van der Waals surface area (Å²) in [7, 11) is 0. The number of H-pyrrole nitrogens is 1. The maximum atomic E-state index is 11.6. The fraction of sp³-hybridized carbons (Fsp3) is 0.400.